The van der Waals surface area contributed by atoms with Crippen LogP contribution < -0.4 is 20.7 Å². The van der Waals surface area contributed by atoms with Crippen molar-refractivity contribution in [2.24, 2.45) is 0 Å². The topological polar surface area (TPSA) is 115 Å². The van der Waals surface area contributed by atoms with Gasteiger partial charge in [-0.1, -0.05) is 23.7 Å². The lowest BCUT2D eigenvalue weighted by molar-refractivity contribution is -0.125. The van der Waals surface area contributed by atoms with Gasteiger partial charge in [-0.05, 0) is 55.3 Å². The van der Waals surface area contributed by atoms with E-state index >= 15 is 0 Å². The minimum Gasteiger partial charge on any atom is -0.490 e. The van der Waals surface area contributed by atoms with Crippen LogP contribution in [0.4, 0.5) is 23.1 Å². The van der Waals surface area contributed by atoms with E-state index in [-0.39, 0.29) is 24.5 Å². The molecule has 3 N–H and O–H groups in total. The number of nitrogens with zero attached hydrogens (tertiary/aromatic N) is 4. The number of carbonyl (C=O) groups excluding carboxylic acids is 1. The van der Waals surface area contributed by atoms with Gasteiger partial charge in [-0.2, -0.15) is 10.2 Å². The summed E-state index contributed by atoms with van der Waals surface area (Å²) in [7, 11) is 0. The van der Waals surface area contributed by atoms with Crippen molar-refractivity contribution in [1.29, 1.82) is 5.26 Å². The minimum absolute atomic E-state index is 0.0120. The number of nitrogens with one attached hydrogen (secondary N) is 3. The van der Waals surface area contributed by atoms with E-state index < -0.39 is 0 Å². The number of aromatic nitrogens is 2. The molecule has 3 heterocycles. The van der Waals surface area contributed by atoms with Crippen molar-refractivity contribution in [2.75, 3.05) is 30.3 Å². The highest BCUT2D eigenvalue weighted by molar-refractivity contribution is 6.31. The number of nitriles is 1. The van der Waals surface area contributed by atoms with Crippen LogP contribution in [0.25, 0.3) is 0 Å². The van der Waals surface area contributed by atoms with Gasteiger partial charge in [-0.25, -0.2) is 4.98 Å². The zero-order valence-electron chi connectivity index (χ0n) is 18.9. The van der Waals surface area contributed by atoms with Gasteiger partial charge in [0, 0.05) is 17.3 Å². The average molecular weight is 490 g/mol. The second-order valence-electron chi connectivity index (χ2n) is 8.43. The van der Waals surface area contributed by atoms with Crippen molar-refractivity contribution >= 4 is 40.6 Å². The number of hydrogen-bond acceptors (Lipinski definition) is 8. The molecule has 0 saturated carbocycles. The standard InChI is InChI=1S/C25H24ClN7O2/c26-18-6-7-22-20(12-18)31-25-29-14-17(13-27)23(32-25)30-19-4-1-3-16(11-19)15-33-9-2-5-21(33)24(34)28-8-10-35-22/h1,3-4,6-7,11-12,14,21H,2,5,8-10,15H2,(H,28,34)(H2,29,30,31,32). The number of halogens is 1. The molecule has 1 aromatic heterocycles. The fourth-order valence-electron chi connectivity index (χ4n) is 4.35. The van der Waals surface area contributed by atoms with Gasteiger partial charge in [0.25, 0.3) is 0 Å². The van der Waals surface area contributed by atoms with E-state index in [9.17, 15) is 10.1 Å². The molecule has 3 aromatic rings. The van der Waals surface area contributed by atoms with Gasteiger partial charge in [-0.3, -0.25) is 9.69 Å². The van der Waals surface area contributed by atoms with Crippen molar-refractivity contribution in [3.8, 4) is 11.8 Å². The summed E-state index contributed by atoms with van der Waals surface area (Å²) in [5, 5.41) is 19.5. The van der Waals surface area contributed by atoms with E-state index in [0.29, 0.717) is 40.9 Å². The molecule has 0 radical (unpaired) electrons. The highest BCUT2D eigenvalue weighted by atomic mass is 35.5. The molecule has 1 amide bonds. The molecule has 1 atom stereocenters. The number of benzene rings is 2. The lowest BCUT2D eigenvalue weighted by atomic mass is 10.1. The number of ether oxygens (including phenoxy) is 1. The highest BCUT2D eigenvalue weighted by Gasteiger charge is 2.30. The van der Waals surface area contributed by atoms with Crippen molar-refractivity contribution in [3.63, 3.8) is 0 Å². The van der Waals surface area contributed by atoms with Crippen LogP contribution in [-0.4, -0.2) is 46.5 Å². The van der Waals surface area contributed by atoms with Crippen molar-refractivity contribution in [1.82, 2.24) is 20.2 Å². The van der Waals surface area contributed by atoms with E-state index in [4.69, 9.17) is 16.3 Å². The van der Waals surface area contributed by atoms with Crippen LogP contribution in [0, 0.1) is 11.3 Å². The Morgan fingerprint density at radius 3 is 3.00 bits per heavy atom. The molecule has 5 rings (SSSR count). The van der Waals surface area contributed by atoms with Crippen LogP contribution in [0.1, 0.15) is 24.0 Å². The Kier molecular flexibility index (Phi) is 6.66. The van der Waals surface area contributed by atoms with Crippen LogP contribution in [-0.2, 0) is 11.3 Å². The SMILES string of the molecule is N#Cc1cnc2nc1Nc1cccc(c1)CN1CCCC1C(=O)NCCOc1ccc(Cl)cc1N2. The molecule has 2 aliphatic rings. The Bertz CT molecular complexity index is 1290. The van der Waals surface area contributed by atoms with Crippen LogP contribution in [0.5, 0.6) is 5.75 Å². The maximum atomic E-state index is 12.9. The third-order valence-electron chi connectivity index (χ3n) is 6.00. The summed E-state index contributed by atoms with van der Waals surface area (Å²) in [6.07, 6.45) is 3.27. The monoisotopic (exact) mass is 489 g/mol. The van der Waals surface area contributed by atoms with Gasteiger partial charge < -0.3 is 20.7 Å². The van der Waals surface area contributed by atoms with Gasteiger partial charge in [0.05, 0.1) is 24.5 Å². The molecule has 0 spiro atoms. The van der Waals surface area contributed by atoms with Crippen molar-refractivity contribution < 1.29 is 9.53 Å². The summed E-state index contributed by atoms with van der Waals surface area (Å²) in [4.78, 5) is 23.9. The largest absolute Gasteiger partial charge is 0.490 e. The van der Waals surface area contributed by atoms with Crippen LogP contribution in [0.3, 0.4) is 0 Å². The predicted octanol–water partition coefficient (Wildman–Crippen LogP) is 3.96. The molecule has 1 saturated heterocycles. The Hall–Kier alpha value is -3.87. The van der Waals surface area contributed by atoms with Crippen LogP contribution in [0.2, 0.25) is 5.02 Å². The van der Waals surface area contributed by atoms with Crippen molar-refractivity contribution in [3.05, 3.63) is 64.8 Å². The number of amides is 1. The second kappa shape index (κ2) is 10.2. The third kappa shape index (κ3) is 5.29. The molecule has 1 fully saturated rings. The van der Waals surface area contributed by atoms with E-state index in [1.165, 1.54) is 6.20 Å². The summed E-state index contributed by atoms with van der Waals surface area (Å²) in [6.45, 7) is 2.18. The van der Waals surface area contributed by atoms with Gasteiger partial charge in [0.15, 0.2) is 5.82 Å². The van der Waals surface area contributed by atoms with E-state index in [2.05, 4.69) is 36.9 Å². The highest BCUT2D eigenvalue weighted by Crippen LogP contribution is 2.31. The summed E-state index contributed by atoms with van der Waals surface area (Å²) >= 11 is 6.21. The molecule has 0 aliphatic carbocycles. The first-order chi connectivity index (χ1) is 17.1. The maximum Gasteiger partial charge on any atom is 0.237 e. The maximum absolute atomic E-state index is 12.9. The van der Waals surface area contributed by atoms with Gasteiger partial charge in [-0.15, -0.1) is 0 Å². The van der Waals surface area contributed by atoms with Crippen LogP contribution in [0.15, 0.2) is 48.7 Å². The summed E-state index contributed by atoms with van der Waals surface area (Å²) in [6, 6.07) is 15.0. The fourth-order valence-corrected chi connectivity index (χ4v) is 4.52. The summed E-state index contributed by atoms with van der Waals surface area (Å²) < 4.78 is 5.92. The Morgan fingerprint density at radius 2 is 2.11 bits per heavy atom. The number of rotatable bonds is 0. The molecule has 10 heteroatoms. The second-order valence-corrected chi connectivity index (χ2v) is 8.86. The number of fused-ring (bicyclic) bond motifs is 6. The minimum atomic E-state index is -0.173. The first kappa shape index (κ1) is 22.9. The zero-order chi connectivity index (χ0) is 24.2. The number of anilines is 4. The molecule has 178 valence electrons. The lowest BCUT2D eigenvalue weighted by Gasteiger charge is -2.24. The predicted molar refractivity (Wildman–Crippen MR) is 133 cm³/mol. The first-order valence-electron chi connectivity index (χ1n) is 11.4. The lowest BCUT2D eigenvalue weighted by Crippen LogP contribution is -2.44. The zero-order valence-corrected chi connectivity index (χ0v) is 19.7. The quantitative estimate of drug-likeness (QED) is 0.434. The Labute approximate surface area is 208 Å². The average Bonchev–Trinajstić information content (AvgIpc) is 3.31. The Morgan fingerprint density at radius 1 is 1.20 bits per heavy atom. The first-order valence-corrected chi connectivity index (χ1v) is 11.8. The number of carbonyl (C=O) groups is 1. The third-order valence-corrected chi connectivity index (χ3v) is 6.23. The smallest absolute Gasteiger partial charge is 0.237 e. The molecule has 9 nitrogen and oxygen atoms in total. The summed E-state index contributed by atoms with van der Waals surface area (Å²) in [5.74, 6) is 1.22. The Balaban J connectivity index is 1.52. The van der Waals surface area contributed by atoms with E-state index in [1.807, 2.05) is 24.3 Å². The molecular weight excluding hydrogens is 466 g/mol. The van der Waals surface area contributed by atoms with E-state index in [0.717, 1.165) is 30.6 Å². The normalized spacial score (nSPS) is 18.3. The van der Waals surface area contributed by atoms with E-state index in [1.54, 1.807) is 18.2 Å². The van der Waals surface area contributed by atoms with Gasteiger partial charge >= 0.3 is 0 Å². The molecular formula is C25H24ClN7O2. The fraction of sp³-hybridized carbons (Fsp3) is 0.280. The van der Waals surface area contributed by atoms with Gasteiger partial charge in [0.2, 0.25) is 11.9 Å². The molecule has 1 unspecified atom stereocenters. The molecule has 2 aliphatic heterocycles. The molecule has 4 bridgehead atoms. The van der Waals surface area contributed by atoms with Crippen LogP contribution >= 0.6 is 11.6 Å². The number of hydrogen-bond donors (Lipinski definition) is 3. The summed E-state index contributed by atoms with van der Waals surface area (Å²) in [5.41, 5.74) is 2.74. The van der Waals surface area contributed by atoms with Gasteiger partial charge in [0.1, 0.15) is 24.0 Å². The molecule has 2 aromatic carbocycles. The molecule has 35 heavy (non-hydrogen) atoms. The van der Waals surface area contributed by atoms with Crippen molar-refractivity contribution in [2.45, 2.75) is 25.4 Å².